The van der Waals surface area contributed by atoms with Crippen LogP contribution in [0.5, 0.6) is 5.75 Å². The number of nitriles is 1. The Morgan fingerprint density at radius 2 is 2.39 bits per heavy atom. The molecule has 1 heterocycles. The second-order valence-corrected chi connectivity index (χ2v) is 3.59. The molecule has 0 fully saturated rings. The zero-order valence-electron chi connectivity index (χ0n) is 10.2. The molecule has 96 valence electrons. The summed E-state index contributed by atoms with van der Waals surface area (Å²) in [4.78, 5) is 22.9. The minimum Gasteiger partial charge on any atom is -0.478 e. The number of nitrogens with one attached hydrogen (secondary N) is 1. The lowest BCUT2D eigenvalue weighted by Gasteiger charge is -2.08. The highest BCUT2D eigenvalue weighted by atomic mass is 16.5. The molecule has 0 saturated heterocycles. The van der Waals surface area contributed by atoms with Gasteiger partial charge in [0.25, 0.3) is 11.5 Å². The summed E-state index contributed by atoms with van der Waals surface area (Å²) in [6.07, 6.45) is 2.64. The van der Waals surface area contributed by atoms with Gasteiger partial charge in [0.2, 0.25) is 0 Å². The van der Waals surface area contributed by atoms with Gasteiger partial charge in [-0.2, -0.15) is 5.26 Å². The van der Waals surface area contributed by atoms with E-state index in [2.05, 4.69) is 5.32 Å². The van der Waals surface area contributed by atoms with Crippen LogP contribution in [-0.2, 0) is 11.3 Å². The number of rotatable bonds is 6. The van der Waals surface area contributed by atoms with E-state index in [1.54, 1.807) is 12.3 Å². The first-order valence-corrected chi connectivity index (χ1v) is 5.59. The maximum atomic E-state index is 11.9. The standard InChI is InChI=1S/C12H15N3O3/c1-14-11(16)9-18-10-5-4-8-15(12(10)17)7-3-2-6-13/h4-5,8H,2-3,7,9H2,1H3,(H,14,16). The van der Waals surface area contributed by atoms with Crippen molar-refractivity contribution in [1.29, 1.82) is 5.26 Å². The minimum absolute atomic E-state index is 0.137. The van der Waals surface area contributed by atoms with Gasteiger partial charge in [0.1, 0.15) is 0 Å². The van der Waals surface area contributed by atoms with Crippen molar-refractivity contribution >= 4 is 5.91 Å². The number of carbonyl (C=O) groups excluding carboxylic acids is 1. The Balaban J connectivity index is 2.70. The van der Waals surface area contributed by atoms with Crippen LogP contribution in [-0.4, -0.2) is 24.1 Å². The van der Waals surface area contributed by atoms with Gasteiger partial charge < -0.3 is 14.6 Å². The molecule has 1 amide bonds. The maximum Gasteiger partial charge on any atom is 0.292 e. The lowest BCUT2D eigenvalue weighted by molar-refractivity contribution is -0.122. The highest BCUT2D eigenvalue weighted by Gasteiger charge is 2.06. The van der Waals surface area contributed by atoms with Gasteiger partial charge >= 0.3 is 0 Å². The van der Waals surface area contributed by atoms with Gasteiger partial charge in [-0.05, 0) is 18.6 Å². The van der Waals surface area contributed by atoms with Crippen molar-refractivity contribution < 1.29 is 9.53 Å². The molecule has 0 spiro atoms. The Morgan fingerprint density at radius 3 is 3.06 bits per heavy atom. The summed E-state index contributed by atoms with van der Waals surface area (Å²) in [5, 5.41) is 10.8. The summed E-state index contributed by atoms with van der Waals surface area (Å²) in [6, 6.07) is 5.21. The van der Waals surface area contributed by atoms with E-state index < -0.39 is 0 Å². The first-order valence-electron chi connectivity index (χ1n) is 5.59. The van der Waals surface area contributed by atoms with E-state index in [4.69, 9.17) is 10.00 Å². The number of carbonyl (C=O) groups is 1. The van der Waals surface area contributed by atoms with Crippen molar-refractivity contribution in [2.24, 2.45) is 0 Å². The predicted octanol–water partition coefficient (Wildman–Crippen LogP) is 0.277. The number of likely N-dealkylation sites (N-methyl/N-ethyl adjacent to an activating group) is 1. The molecule has 0 aromatic carbocycles. The fraction of sp³-hybridized carbons (Fsp3) is 0.417. The highest BCUT2D eigenvalue weighted by Crippen LogP contribution is 2.02. The zero-order chi connectivity index (χ0) is 13.4. The van der Waals surface area contributed by atoms with Gasteiger partial charge in [-0.25, -0.2) is 0 Å². The van der Waals surface area contributed by atoms with Gasteiger partial charge in [0, 0.05) is 26.2 Å². The number of ether oxygens (including phenoxy) is 1. The lowest BCUT2D eigenvalue weighted by Crippen LogP contribution is -2.28. The van der Waals surface area contributed by atoms with Crippen LogP contribution in [0.25, 0.3) is 0 Å². The molecular formula is C12H15N3O3. The van der Waals surface area contributed by atoms with Gasteiger partial charge in [-0.1, -0.05) is 0 Å². The molecule has 0 atom stereocenters. The van der Waals surface area contributed by atoms with E-state index in [9.17, 15) is 9.59 Å². The van der Waals surface area contributed by atoms with E-state index in [1.165, 1.54) is 17.7 Å². The highest BCUT2D eigenvalue weighted by molar-refractivity contribution is 5.77. The Hall–Kier alpha value is -2.29. The van der Waals surface area contributed by atoms with Gasteiger partial charge in [-0.3, -0.25) is 9.59 Å². The molecule has 1 N–H and O–H groups in total. The van der Waals surface area contributed by atoms with Crippen molar-refractivity contribution in [3.05, 3.63) is 28.7 Å². The third-order valence-corrected chi connectivity index (χ3v) is 2.31. The van der Waals surface area contributed by atoms with Gasteiger partial charge in [0.15, 0.2) is 12.4 Å². The van der Waals surface area contributed by atoms with Crippen LogP contribution in [0.1, 0.15) is 12.8 Å². The molecule has 0 saturated carbocycles. The SMILES string of the molecule is CNC(=O)COc1cccn(CCCC#N)c1=O. The number of aryl methyl sites for hydroxylation is 1. The molecular weight excluding hydrogens is 234 g/mol. The Kier molecular flexibility index (Phi) is 5.45. The molecule has 0 bridgehead atoms. The number of amides is 1. The Labute approximate surface area is 105 Å². The smallest absolute Gasteiger partial charge is 0.292 e. The van der Waals surface area contributed by atoms with Gasteiger partial charge in [0.05, 0.1) is 6.07 Å². The molecule has 6 nitrogen and oxygen atoms in total. The van der Waals surface area contributed by atoms with Crippen LogP contribution in [0.3, 0.4) is 0 Å². The summed E-state index contributed by atoms with van der Waals surface area (Å²) in [5.41, 5.74) is -0.292. The van der Waals surface area contributed by atoms with E-state index in [0.29, 0.717) is 19.4 Å². The average molecular weight is 249 g/mol. The molecule has 1 aromatic rings. The van der Waals surface area contributed by atoms with Crippen molar-refractivity contribution in [1.82, 2.24) is 9.88 Å². The number of hydrogen-bond donors (Lipinski definition) is 1. The van der Waals surface area contributed by atoms with E-state index >= 15 is 0 Å². The van der Waals surface area contributed by atoms with Crippen molar-refractivity contribution in [3.8, 4) is 11.8 Å². The normalized spacial score (nSPS) is 9.56. The predicted molar refractivity (Wildman–Crippen MR) is 65.1 cm³/mol. The number of unbranched alkanes of at least 4 members (excludes halogenated alkanes) is 1. The van der Waals surface area contributed by atoms with E-state index in [-0.39, 0.29) is 23.8 Å². The molecule has 0 unspecified atom stereocenters. The number of nitrogens with zero attached hydrogens (tertiary/aromatic N) is 2. The molecule has 1 rings (SSSR count). The topological polar surface area (TPSA) is 84.1 Å². The van der Waals surface area contributed by atoms with Crippen LogP contribution in [0, 0.1) is 11.3 Å². The van der Waals surface area contributed by atoms with E-state index in [1.807, 2.05) is 6.07 Å². The Bertz CT molecular complexity index is 502. The zero-order valence-corrected chi connectivity index (χ0v) is 10.2. The first-order chi connectivity index (χ1) is 8.69. The third kappa shape index (κ3) is 3.94. The van der Waals surface area contributed by atoms with Crippen LogP contribution in [0.4, 0.5) is 0 Å². The molecule has 0 aliphatic heterocycles. The maximum absolute atomic E-state index is 11.9. The number of pyridine rings is 1. The average Bonchev–Trinajstić information content (AvgIpc) is 2.39. The van der Waals surface area contributed by atoms with Crippen molar-refractivity contribution in [2.75, 3.05) is 13.7 Å². The molecule has 18 heavy (non-hydrogen) atoms. The number of aromatic nitrogens is 1. The Morgan fingerprint density at radius 1 is 1.61 bits per heavy atom. The van der Waals surface area contributed by atoms with Crippen molar-refractivity contribution in [3.63, 3.8) is 0 Å². The van der Waals surface area contributed by atoms with Crippen LogP contribution < -0.4 is 15.6 Å². The molecule has 0 radical (unpaired) electrons. The summed E-state index contributed by atoms with van der Waals surface area (Å²) in [7, 11) is 1.50. The second-order valence-electron chi connectivity index (χ2n) is 3.59. The van der Waals surface area contributed by atoms with Crippen LogP contribution in [0.2, 0.25) is 0 Å². The largest absolute Gasteiger partial charge is 0.478 e. The molecule has 0 aliphatic rings. The van der Waals surface area contributed by atoms with E-state index in [0.717, 1.165) is 0 Å². The number of hydrogen-bond acceptors (Lipinski definition) is 4. The fourth-order valence-corrected chi connectivity index (χ4v) is 1.34. The summed E-state index contributed by atoms with van der Waals surface area (Å²) < 4.78 is 6.59. The monoisotopic (exact) mass is 249 g/mol. The summed E-state index contributed by atoms with van der Waals surface area (Å²) in [5.74, 6) is -0.160. The third-order valence-electron chi connectivity index (χ3n) is 2.31. The second kappa shape index (κ2) is 7.12. The molecule has 0 aliphatic carbocycles. The van der Waals surface area contributed by atoms with Crippen LogP contribution >= 0.6 is 0 Å². The van der Waals surface area contributed by atoms with Crippen molar-refractivity contribution in [2.45, 2.75) is 19.4 Å². The minimum atomic E-state index is -0.297. The van der Waals surface area contributed by atoms with Crippen LogP contribution in [0.15, 0.2) is 23.1 Å². The summed E-state index contributed by atoms with van der Waals surface area (Å²) in [6.45, 7) is 0.275. The summed E-state index contributed by atoms with van der Waals surface area (Å²) >= 11 is 0. The van der Waals surface area contributed by atoms with Gasteiger partial charge in [-0.15, -0.1) is 0 Å². The lowest BCUT2D eigenvalue weighted by atomic mass is 10.3. The first kappa shape index (κ1) is 13.8. The quantitative estimate of drug-likeness (QED) is 0.734. The molecule has 6 heteroatoms. The molecule has 1 aromatic heterocycles. The fourth-order valence-electron chi connectivity index (χ4n) is 1.34.